The van der Waals surface area contributed by atoms with Gasteiger partial charge >= 0.3 is 0 Å². The highest BCUT2D eigenvalue weighted by atomic mass is 35.5. The molecule has 0 aromatic heterocycles. The van der Waals surface area contributed by atoms with Gasteiger partial charge in [-0.05, 0) is 47.7 Å². The molecule has 0 saturated carbocycles. The van der Waals surface area contributed by atoms with Crippen molar-refractivity contribution in [2.24, 2.45) is 0 Å². The fourth-order valence-electron chi connectivity index (χ4n) is 4.62. The van der Waals surface area contributed by atoms with Gasteiger partial charge in [0.25, 0.3) is 12.4 Å². The number of carboxylic acid groups (broad SMARTS) is 1. The molecule has 2 aliphatic rings. The highest BCUT2D eigenvalue weighted by Crippen LogP contribution is 2.46. The van der Waals surface area contributed by atoms with E-state index in [1.807, 2.05) is 78.6 Å². The van der Waals surface area contributed by atoms with Crippen LogP contribution in [0.2, 0.25) is 5.02 Å². The maximum atomic E-state index is 13.8. The Morgan fingerprint density at radius 2 is 1.88 bits per heavy atom. The number of nitrogens with zero attached hydrogens (tertiary/aromatic N) is 1. The Kier molecular flexibility index (Phi) is 8.26. The maximum Gasteiger partial charge on any atom is 0.290 e. The molecule has 4 rings (SSSR count). The molecule has 0 bridgehead atoms. The normalized spacial score (nSPS) is 20.2. The lowest BCUT2D eigenvalue weighted by atomic mass is 9.79. The summed E-state index contributed by atoms with van der Waals surface area (Å²) in [6.07, 6.45) is 10.7. The van der Waals surface area contributed by atoms with Gasteiger partial charge in [0.1, 0.15) is 0 Å². The fraction of sp³-hybridized carbons (Fsp3) is 0.259. The number of carbonyl (C=O) groups excluding carboxylic acids is 1. The first kappa shape index (κ1) is 24.5. The minimum absolute atomic E-state index is 0.0330. The van der Waals surface area contributed by atoms with Crippen molar-refractivity contribution in [1.82, 2.24) is 4.90 Å². The number of rotatable bonds is 4. The Labute approximate surface area is 199 Å². The van der Waals surface area contributed by atoms with Gasteiger partial charge in [0.2, 0.25) is 0 Å². The average molecular weight is 466 g/mol. The Bertz CT molecular complexity index is 1110. The number of aryl methyl sites for hydroxylation is 1. The summed E-state index contributed by atoms with van der Waals surface area (Å²) >= 11 is 6.69. The molecule has 1 aliphatic carbocycles. The molecular formula is C27H28ClNO4. The zero-order valence-corrected chi connectivity index (χ0v) is 19.4. The van der Waals surface area contributed by atoms with Gasteiger partial charge in [-0.15, -0.1) is 0 Å². The molecule has 1 aliphatic heterocycles. The van der Waals surface area contributed by atoms with Crippen LogP contribution in [0.4, 0.5) is 0 Å². The second-order valence-corrected chi connectivity index (χ2v) is 8.53. The predicted molar refractivity (Wildman–Crippen MR) is 131 cm³/mol. The van der Waals surface area contributed by atoms with Crippen molar-refractivity contribution >= 4 is 24.0 Å². The molecule has 5 nitrogen and oxygen atoms in total. The van der Waals surface area contributed by atoms with E-state index >= 15 is 0 Å². The number of fused-ring (bicyclic) bond motifs is 1. The van der Waals surface area contributed by atoms with Crippen LogP contribution < -0.4 is 0 Å². The third-order valence-corrected chi connectivity index (χ3v) is 6.45. The van der Waals surface area contributed by atoms with Crippen molar-refractivity contribution in [3.05, 3.63) is 106 Å². The molecule has 3 atom stereocenters. The van der Waals surface area contributed by atoms with Gasteiger partial charge in [0, 0.05) is 16.5 Å². The first-order valence-electron chi connectivity index (χ1n) is 10.8. The molecule has 172 valence electrons. The van der Waals surface area contributed by atoms with Gasteiger partial charge in [-0.25, -0.2) is 0 Å². The van der Waals surface area contributed by atoms with Crippen LogP contribution in [0.15, 0.2) is 78.4 Å². The quantitative estimate of drug-likeness (QED) is 0.588. The molecule has 1 heterocycles. The van der Waals surface area contributed by atoms with Crippen LogP contribution >= 0.6 is 11.6 Å². The van der Waals surface area contributed by atoms with E-state index in [0.29, 0.717) is 17.0 Å². The van der Waals surface area contributed by atoms with E-state index in [1.165, 1.54) is 0 Å². The number of hydrogen-bond acceptors (Lipinski definition) is 3. The molecule has 0 spiro atoms. The largest absolute Gasteiger partial charge is 0.483 e. The minimum Gasteiger partial charge on any atom is -0.483 e. The van der Waals surface area contributed by atoms with Gasteiger partial charge < -0.3 is 15.1 Å². The van der Waals surface area contributed by atoms with Crippen molar-refractivity contribution < 1.29 is 19.8 Å². The lowest BCUT2D eigenvalue weighted by Gasteiger charge is -2.45. The SMILES string of the molecule is Cc1ccc([C@@H]2[C@@H](C)c3ccccc3C(=O)N2[C@H](CO)C2=CC=CC=CC2)c(Cl)c1.O=CO. The summed E-state index contributed by atoms with van der Waals surface area (Å²) in [6.45, 7) is 3.74. The molecule has 2 N–H and O–H groups in total. The minimum atomic E-state index is -0.428. The molecular weight excluding hydrogens is 438 g/mol. The molecule has 1 amide bonds. The highest BCUT2D eigenvalue weighted by Gasteiger charge is 2.43. The monoisotopic (exact) mass is 465 g/mol. The summed E-state index contributed by atoms with van der Waals surface area (Å²) in [5.41, 5.74) is 4.72. The summed E-state index contributed by atoms with van der Waals surface area (Å²) in [4.78, 5) is 24.0. The first-order chi connectivity index (χ1) is 15.9. The van der Waals surface area contributed by atoms with E-state index < -0.39 is 6.04 Å². The van der Waals surface area contributed by atoms with Crippen molar-refractivity contribution in [1.29, 1.82) is 0 Å². The number of aliphatic hydroxyl groups is 1. The van der Waals surface area contributed by atoms with E-state index in [1.54, 1.807) is 0 Å². The van der Waals surface area contributed by atoms with E-state index in [2.05, 4.69) is 13.0 Å². The predicted octanol–water partition coefficient (Wildman–Crippen LogP) is 5.45. The average Bonchev–Trinajstić information content (AvgIpc) is 3.08. The summed E-state index contributed by atoms with van der Waals surface area (Å²) in [7, 11) is 0. The molecule has 2 aromatic rings. The van der Waals surface area contributed by atoms with E-state index in [4.69, 9.17) is 21.5 Å². The third-order valence-electron chi connectivity index (χ3n) is 6.12. The molecule has 6 heteroatoms. The first-order valence-corrected chi connectivity index (χ1v) is 11.2. The van der Waals surface area contributed by atoms with Crippen LogP contribution in [-0.4, -0.2) is 40.1 Å². The number of aliphatic hydroxyl groups excluding tert-OH is 1. The Morgan fingerprint density at radius 3 is 2.58 bits per heavy atom. The lowest BCUT2D eigenvalue weighted by molar-refractivity contribution is -0.122. The Balaban J connectivity index is 0.000000968. The molecule has 0 unspecified atom stereocenters. The zero-order valence-electron chi connectivity index (χ0n) is 18.7. The number of benzene rings is 2. The van der Waals surface area contributed by atoms with Gasteiger partial charge in [-0.1, -0.05) is 79.2 Å². The number of hydrogen-bond donors (Lipinski definition) is 2. The van der Waals surface area contributed by atoms with Gasteiger partial charge in [-0.2, -0.15) is 0 Å². The molecule has 33 heavy (non-hydrogen) atoms. The Hall–Kier alpha value is -3.15. The van der Waals surface area contributed by atoms with Crippen LogP contribution in [-0.2, 0) is 4.79 Å². The van der Waals surface area contributed by atoms with E-state index in [-0.39, 0.29) is 30.9 Å². The number of amides is 1. The van der Waals surface area contributed by atoms with E-state index in [0.717, 1.165) is 22.3 Å². The summed E-state index contributed by atoms with van der Waals surface area (Å²) in [5, 5.41) is 18.0. The molecule has 0 saturated heterocycles. The lowest BCUT2D eigenvalue weighted by Crippen LogP contribution is -2.50. The van der Waals surface area contributed by atoms with Crippen LogP contribution in [0.5, 0.6) is 0 Å². The van der Waals surface area contributed by atoms with Gasteiger partial charge in [0.15, 0.2) is 0 Å². The van der Waals surface area contributed by atoms with Crippen molar-refractivity contribution in [2.45, 2.75) is 38.3 Å². The van der Waals surface area contributed by atoms with Gasteiger partial charge in [-0.3, -0.25) is 9.59 Å². The second kappa shape index (κ2) is 11.1. The molecule has 2 aromatic carbocycles. The van der Waals surface area contributed by atoms with Crippen LogP contribution in [0.3, 0.4) is 0 Å². The second-order valence-electron chi connectivity index (χ2n) is 8.12. The van der Waals surface area contributed by atoms with Crippen LogP contribution in [0, 0.1) is 6.92 Å². The topological polar surface area (TPSA) is 77.8 Å². The van der Waals surface area contributed by atoms with Crippen LogP contribution in [0.25, 0.3) is 0 Å². The van der Waals surface area contributed by atoms with E-state index in [9.17, 15) is 9.90 Å². The summed E-state index contributed by atoms with van der Waals surface area (Å²) in [5.74, 6) is -0.0342. The number of allylic oxidation sites excluding steroid dienone is 5. The number of halogens is 1. The van der Waals surface area contributed by atoms with Crippen molar-refractivity contribution in [3.63, 3.8) is 0 Å². The maximum absolute atomic E-state index is 13.8. The third kappa shape index (κ3) is 5.10. The number of carbonyl (C=O) groups is 2. The summed E-state index contributed by atoms with van der Waals surface area (Å²) in [6, 6.07) is 13.1. The van der Waals surface area contributed by atoms with Gasteiger partial charge in [0.05, 0.1) is 18.7 Å². The molecule has 0 radical (unpaired) electrons. The summed E-state index contributed by atoms with van der Waals surface area (Å²) < 4.78 is 0. The smallest absolute Gasteiger partial charge is 0.290 e. The van der Waals surface area contributed by atoms with Crippen LogP contribution in [0.1, 0.15) is 52.4 Å². The zero-order chi connectivity index (χ0) is 24.0. The van der Waals surface area contributed by atoms with Crippen molar-refractivity contribution in [2.75, 3.05) is 6.61 Å². The highest BCUT2D eigenvalue weighted by molar-refractivity contribution is 6.31. The fourth-order valence-corrected chi connectivity index (χ4v) is 4.96. The van der Waals surface area contributed by atoms with Crippen molar-refractivity contribution in [3.8, 4) is 0 Å². The standard InChI is InChI=1S/C26H26ClNO2.CH2O2/c1-17-13-14-22(23(27)15-17)25-18(2)20-11-7-8-12-21(20)26(30)28(25)24(16-29)19-9-5-3-4-6-10-19;2-1-3/h3-9,11-15,18,24-25,29H,10,16H2,1-2H3;1H,(H,2,3)/t18-,24+,25-;/m0./s1. The molecule has 0 fully saturated rings. The Morgan fingerprint density at radius 1 is 1.15 bits per heavy atom.